The van der Waals surface area contributed by atoms with Crippen LogP contribution in [0, 0.1) is 0 Å². The van der Waals surface area contributed by atoms with Crippen LogP contribution in [0.5, 0.6) is 0 Å². The lowest BCUT2D eigenvalue weighted by molar-refractivity contribution is 0.478. The summed E-state index contributed by atoms with van der Waals surface area (Å²) in [6, 6.07) is 3.56. The Morgan fingerprint density at radius 1 is 1.47 bits per heavy atom. The van der Waals surface area contributed by atoms with Gasteiger partial charge >= 0.3 is 0 Å². The number of rotatable bonds is 4. The average Bonchev–Trinajstić information content (AvgIpc) is 2.77. The van der Waals surface area contributed by atoms with E-state index in [1.165, 1.54) is 6.33 Å². The highest BCUT2D eigenvalue weighted by molar-refractivity contribution is 6.28. The molecule has 2 aromatic rings. The van der Waals surface area contributed by atoms with Crippen LogP contribution in [0.2, 0.25) is 5.22 Å². The number of halogens is 1. The van der Waals surface area contributed by atoms with Gasteiger partial charge in [0.1, 0.15) is 17.9 Å². The fraction of sp³-hybridized carbons (Fsp3) is 0.333. The Morgan fingerprint density at radius 3 is 2.93 bits per heavy atom. The summed E-state index contributed by atoms with van der Waals surface area (Å²) in [5.41, 5.74) is 0. The third-order valence-corrected chi connectivity index (χ3v) is 2.22. The van der Waals surface area contributed by atoms with Crippen molar-refractivity contribution in [3.05, 3.63) is 35.3 Å². The van der Waals surface area contributed by atoms with E-state index in [-0.39, 0.29) is 0 Å². The van der Waals surface area contributed by atoms with E-state index in [1.807, 2.05) is 13.1 Å². The number of nitrogens with zero attached hydrogens (tertiary/aromatic N) is 3. The van der Waals surface area contributed by atoms with Crippen LogP contribution in [0.15, 0.2) is 22.9 Å². The molecule has 0 aromatic carbocycles. The van der Waals surface area contributed by atoms with Gasteiger partial charge in [0.25, 0.3) is 0 Å². The third-order valence-electron chi connectivity index (χ3n) is 2.02. The van der Waals surface area contributed by atoms with Crippen LogP contribution < -0.4 is 5.32 Å². The minimum Gasteiger partial charge on any atom is -0.448 e. The zero-order valence-corrected chi connectivity index (χ0v) is 9.03. The Labute approximate surface area is 92.1 Å². The standard InChI is InChI=1S/C9H11ClN4O/c1-14-9(12-6-13-14)5-11-4-7-2-3-8(10)15-7/h2-3,6,11H,4-5H2,1H3. The summed E-state index contributed by atoms with van der Waals surface area (Å²) < 4.78 is 6.92. The van der Waals surface area contributed by atoms with Gasteiger partial charge in [-0.05, 0) is 23.7 Å². The number of hydrogen-bond acceptors (Lipinski definition) is 4. The summed E-state index contributed by atoms with van der Waals surface area (Å²) in [5, 5.41) is 7.56. The second-order valence-electron chi connectivity index (χ2n) is 3.11. The molecule has 0 aliphatic carbocycles. The summed E-state index contributed by atoms with van der Waals surface area (Å²) in [6.45, 7) is 1.27. The molecular weight excluding hydrogens is 216 g/mol. The molecule has 0 aliphatic rings. The minimum absolute atomic E-state index is 0.408. The van der Waals surface area contributed by atoms with Crippen molar-refractivity contribution in [3.63, 3.8) is 0 Å². The maximum Gasteiger partial charge on any atom is 0.193 e. The quantitative estimate of drug-likeness (QED) is 0.855. The zero-order valence-electron chi connectivity index (χ0n) is 8.27. The predicted octanol–water partition coefficient (Wildman–Crippen LogP) is 1.35. The summed E-state index contributed by atoms with van der Waals surface area (Å²) >= 11 is 5.64. The van der Waals surface area contributed by atoms with Gasteiger partial charge < -0.3 is 9.73 Å². The topological polar surface area (TPSA) is 55.9 Å². The molecule has 0 atom stereocenters. The molecule has 0 bridgehead atoms. The molecule has 6 heteroatoms. The summed E-state index contributed by atoms with van der Waals surface area (Å²) in [6.07, 6.45) is 1.53. The second-order valence-corrected chi connectivity index (χ2v) is 3.48. The van der Waals surface area contributed by atoms with E-state index < -0.39 is 0 Å². The van der Waals surface area contributed by atoms with E-state index in [9.17, 15) is 0 Å². The van der Waals surface area contributed by atoms with Crippen molar-refractivity contribution in [1.82, 2.24) is 20.1 Å². The molecule has 0 unspecified atom stereocenters. The van der Waals surface area contributed by atoms with E-state index in [0.717, 1.165) is 11.6 Å². The van der Waals surface area contributed by atoms with Crippen molar-refractivity contribution in [2.24, 2.45) is 7.05 Å². The van der Waals surface area contributed by atoms with Crippen LogP contribution in [-0.4, -0.2) is 14.8 Å². The molecule has 2 heterocycles. The fourth-order valence-corrected chi connectivity index (χ4v) is 1.39. The number of nitrogens with one attached hydrogen (secondary N) is 1. The lowest BCUT2D eigenvalue weighted by atomic mass is 10.4. The molecule has 0 aliphatic heterocycles. The van der Waals surface area contributed by atoms with Crippen LogP contribution in [0.25, 0.3) is 0 Å². The SMILES string of the molecule is Cn1ncnc1CNCc1ccc(Cl)o1. The summed E-state index contributed by atoms with van der Waals surface area (Å²) in [7, 11) is 1.85. The third kappa shape index (κ3) is 2.57. The molecule has 1 N–H and O–H groups in total. The Balaban J connectivity index is 1.83. The lowest BCUT2D eigenvalue weighted by Gasteiger charge is -2.01. The maximum absolute atomic E-state index is 5.64. The van der Waals surface area contributed by atoms with Crippen LogP contribution in [0.3, 0.4) is 0 Å². The van der Waals surface area contributed by atoms with Gasteiger partial charge in [0.05, 0.1) is 13.1 Å². The largest absolute Gasteiger partial charge is 0.448 e. The molecular formula is C9H11ClN4O. The van der Waals surface area contributed by atoms with Gasteiger partial charge in [-0.15, -0.1) is 0 Å². The average molecular weight is 227 g/mol. The fourth-order valence-electron chi connectivity index (χ4n) is 1.22. The van der Waals surface area contributed by atoms with Crippen molar-refractivity contribution >= 4 is 11.6 Å². The smallest absolute Gasteiger partial charge is 0.193 e. The van der Waals surface area contributed by atoms with Gasteiger partial charge in [-0.3, -0.25) is 4.68 Å². The van der Waals surface area contributed by atoms with Gasteiger partial charge in [0.15, 0.2) is 5.22 Å². The van der Waals surface area contributed by atoms with Gasteiger partial charge in [0, 0.05) is 7.05 Å². The van der Waals surface area contributed by atoms with Crippen molar-refractivity contribution in [2.45, 2.75) is 13.1 Å². The molecule has 0 saturated heterocycles. The molecule has 80 valence electrons. The number of furan rings is 1. The minimum atomic E-state index is 0.408. The molecule has 2 rings (SSSR count). The summed E-state index contributed by atoms with van der Waals surface area (Å²) in [5.74, 6) is 1.69. The van der Waals surface area contributed by atoms with E-state index in [1.54, 1.807) is 10.7 Å². The van der Waals surface area contributed by atoms with Crippen molar-refractivity contribution < 1.29 is 4.42 Å². The maximum atomic E-state index is 5.64. The number of aromatic nitrogens is 3. The second kappa shape index (κ2) is 4.46. The van der Waals surface area contributed by atoms with Gasteiger partial charge in [-0.2, -0.15) is 5.10 Å². The molecule has 0 saturated carbocycles. The first-order valence-electron chi connectivity index (χ1n) is 4.53. The molecule has 2 aromatic heterocycles. The van der Waals surface area contributed by atoms with Crippen LogP contribution >= 0.6 is 11.6 Å². The van der Waals surface area contributed by atoms with Crippen molar-refractivity contribution in [3.8, 4) is 0 Å². The first-order valence-corrected chi connectivity index (χ1v) is 4.91. The molecule has 0 spiro atoms. The molecule has 0 amide bonds. The Kier molecular flexibility index (Phi) is 3.03. The lowest BCUT2D eigenvalue weighted by Crippen LogP contribution is -2.15. The predicted molar refractivity (Wildman–Crippen MR) is 55.3 cm³/mol. The first kappa shape index (κ1) is 10.2. The van der Waals surface area contributed by atoms with E-state index in [0.29, 0.717) is 18.3 Å². The number of aryl methyl sites for hydroxylation is 1. The van der Waals surface area contributed by atoms with Crippen LogP contribution in [0.1, 0.15) is 11.6 Å². The Bertz CT molecular complexity index is 437. The van der Waals surface area contributed by atoms with Gasteiger partial charge in [0.2, 0.25) is 0 Å². The molecule has 0 fully saturated rings. The molecule has 0 radical (unpaired) electrons. The zero-order chi connectivity index (χ0) is 10.7. The monoisotopic (exact) mass is 226 g/mol. The first-order chi connectivity index (χ1) is 7.25. The van der Waals surface area contributed by atoms with Crippen LogP contribution in [-0.2, 0) is 20.1 Å². The van der Waals surface area contributed by atoms with Gasteiger partial charge in [-0.25, -0.2) is 4.98 Å². The van der Waals surface area contributed by atoms with Crippen LogP contribution in [0.4, 0.5) is 0 Å². The highest BCUT2D eigenvalue weighted by Gasteiger charge is 2.01. The van der Waals surface area contributed by atoms with E-state index >= 15 is 0 Å². The highest BCUT2D eigenvalue weighted by atomic mass is 35.5. The van der Waals surface area contributed by atoms with E-state index in [4.69, 9.17) is 16.0 Å². The normalized spacial score (nSPS) is 10.8. The van der Waals surface area contributed by atoms with E-state index in [2.05, 4.69) is 15.4 Å². The summed E-state index contributed by atoms with van der Waals surface area (Å²) in [4.78, 5) is 4.08. The Morgan fingerprint density at radius 2 is 2.33 bits per heavy atom. The van der Waals surface area contributed by atoms with Crippen molar-refractivity contribution in [2.75, 3.05) is 0 Å². The molecule has 5 nitrogen and oxygen atoms in total. The number of hydrogen-bond donors (Lipinski definition) is 1. The highest BCUT2D eigenvalue weighted by Crippen LogP contribution is 2.12. The van der Waals surface area contributed by atoms with Crippen molar-refractivity contribution in [1.29, 1.82) is 0 Å². The van der Waals surface area contributed by atoms with Gasteiger partial charge in [-0.1, -0.05) is 0 Å². The Hall–Kier alpha value is -1.33. The molecule has 15 heavy (non-hydrogen) atoms.